The van der Waals surface area contributed by atoms with Gasteiger partial charge in [-0.25, -0.2) is 4.68 Å². The summed E-state index contributed by atoms with van der Waals surface area (Å²) in [6.45, 7) is 1.86. The lowest BCUT2D eigenvalue weighted by Gasteiger charge is -2.01. The summed E-state index contributed by atoms with van der Waals surface area (Å²) in [4.78, 5) is 10.6. The van der Waals surface area contributed by atoms with Gasteiger partial charge in [0, 0.05) is 13.5 Å². The van der Waals surface area contributed by atoms with Crippen molar-refractivity contribution in [1.29, 1.82) is 0 Å². The Hall–Kier alpha value is -2.22. The second-order valence-corrected chi connectivity index (χ2v) is 4.08. The lowest BCUT2D eigenvalue weighted by Crippen LogP contribution is -2.32. The first-order valence-electron chi connectivity index (χ1n) is 5.37. The number of carboxylic acid groups (broad SMARTS) is 1. The van der Waals surface area contributed by atoms with Crippen molar-refractivity contribution >= 4 is 5.97 Å². The Morgan fingerprint density at radius 1 is 1.56 bits per heavy atom. The van der Waals surface area contributed by atoms with Crippen LogP contribution in [0.15, 0.2) is 12.4 Å². The highest BCUT2D eigenvalue weighted by Gasteiger charge is 2.15. The minimum absolute atomic E-state index is 0.147. The smallest absolute Gasteiger partial charge is 0.320 e. The van der Waals surface area contributed by atoms with Gasteiger partial charge in [0.05, 0.1) is 23.8 Å². The minimum atomic E-state index is -1.05. The zero-order valence-corrected chi connectivity index (χ0v) is 10.1. The summed E-state index contributed by atoms with van der Waals surface area (Å²) >= 11 is 0. The molecule has 18 heavy (non-hydrogen) atoms. The van der Waals surface area contributed by atoms with Crippen molar-refractivity contribution in [2.24, 2.45) is 12.8 Å². The molecule has 8 nitrogen and oxygen atoms in total. The molecule has 0 fully saturated rings. The van der Waals surface area contributed by atoms with E-state index in [0.29, 0.717) is 5.69 Å². The maximum absolute atomic E-state index is 10.6. The Morgan fingerprint density at radius 2 is 2.28 bits per heavy atom. The van der Waals surface area contributed by atoms with E-state index in [0.717, 1.165) is 11.4 Å². The number of nitrogens with zero attached hydrogens (tertiary/aromatic N) is 5. The van der Waals surface area contributed by atoms with Gasteiger partial charge >= 0.3 is 5.97 Å². The Balaban J connectivity index is 2.20. The largest absolute Gasteiger partial charge is 0.480 e. The normalized spacial score (nSPS) is 12.6. The highest BCUT2D eigenvalue weighted by Crippen LogP contribution is 2.11. The molecule has 1 atom stereocenters. The first-order valence-corrected chi connectivity index (χ1v) is 5.37. The Bertz CT molecular complexity index is 573. The molecule has 0 bridgehead atoms. The topological polar surface area (TPSA) is 112 Å². The van der Waals surface area contributed by atoms with Gasteiger partial charge in [0.25, 0.3) is 0 Å². The summed E-state index contributed by atoms with van der Waals surface area (Å²) in [5.74, 6) is -1.05. The molecule has 0 saturated carbocycles. The van der Waals surface area contributed by atoms with E-state index < -0.39 is 12.0 Å². The van der Waals surface area contributed by atoms with Crippen LogP contribution in [0.4, 0.5) is 0 Å². The Labute approximate surface area is 103 Å². The Kier molecular flexibility index (Phi) is 3.11. The first kappa shape index (κ1) is 12.2. The van der Waals surface area contributed by atoms with Crippen molar-refractivity contribution in [3.63, 3.8) is 0 Å². The number of carboxylic acids is 1. The van der Waals surface area contributed by atoms with E-state index in [1.165, 1.54) is 0 Å². The van der Waals surface area contributed by atoms with Gasteiger partial charge in [-0.2, -0.15) is 5.10 Å². The number of hydrogen-bond acceptors (Lipinski definition) is 5. The molecular formula is C10H14N6O2. The maximum Gasteiger partial charge on any atom is 0.320 e. The summed E-state index contributed by atoms with van der Waals surface area (Å²) < 4.78 is 3.24. The molecule has 2 heterocycles. The molecule has 0 aromatic carbocycles. The third-order valence-electron chi connectivity index (χ3n) is 2.52. The molecule has 0 aliphatic rings. The SMILES string of the molecule is Cc1nn(C)cc1-n1cc(CC(N)C(=O)O)nn1. The van der Waals surface area contributed by atoms with E-state index in [1.54, 1.807) is 15.6 Å². The molecule has 2 aromatic heterocycles. The predicted octanol–water partition coefficient (Wildman–Crippen LogP) is -0.736. The van der Waals surface area contributed by atoms with Gasteiger partial charge in [-0.1, -0.05) is 5.21 Å². The van der Waals surface area contributed by atoms with Gasteiger partial charge in [-0.05, 0) is 6.92 Å². The monoisotopic (exact) mass is 250 g/mol. The van der Waals surface area contributed by atoms with Crippen LogP contribution in [-0.2, 0) is 18.3 Å². The molecule has 2 rings (SSSR count). The summed E-state index contributed by atoms with van der Waals surface area (Å²) in [7, 11) is 1.81. The zero-order chi connectivity index (χ0) is 13.3. The van der Waals surface area contributed by atoms with Crippen LogP contribution in [-0.4, -0.2) is 41.9 Å². The second-order valence-electron chi connectivity index (χ2n) is 4.08. The van der Waals surface area contributed by atoms with Gasteiger partial charge in [0.2, 0.25) is 0 Å². The van der Waals surface area contributed by atoms with Crippen molar-refractivity contribution in [2.75, 3.05) is 0 Å². The van der Waals surface area contributed by atoms with Crippen LogP contribution < -0.4 is 5.73 Å². The molecule has 2 aromatic rings. The van der Waals surface area contributed by atoms with Gasteiger partial charge < -0.3 is 10.8 Å². The number of carbonyl (C=O) groups is 1. The fourth-order valence-corrected chi connectivity index (χ4v) is 1.63. The molecule has 0 radical (unpaired) electrons. The van der Waals surface area contributed by atoms with Crippen LogP contribution in [0.5, 0.6) is 0 Å². The highest BCUT2D eigenvalue weighted by molar-refractivity contribution is 5.73. The number of nitrogens with two attached hydrogens (primary N) is 1. The highest BCUT2D eigenvalue weighted by atomic mass is 16.4. The van der Waals surface area contributed by atoms with Crippen molar-refractivity contribution in [1.82, 2.24) is 24.8 Å². The van der Waals surface area contributed by atoms with E-state index >= 15 is 0 Å². The molecule has 0 aliphatic carbocycles. The molecule has 0 aliphatic heterocycles. The molecule has 0 saturated heterocycles. The van der Waals surface area contributed by atoms with Crippen molar-refractivity contribution < 1.29 is 9.90 Å². The van der Waals surface area contributed by atoms with E-state index in [1.807, 2.05) is 20.2 Å². The lowest BCUT2D eigenvalue weighted by atomic mass is 10.2. The van der Waals surface area contributed by atoms with Crippen molar-refractivity contribution in [3.8, 4) is 5.69 Å². The second kappa shape index (κ2) is 4.57. The molecular weight excluding hydrogens is 236 g/mol. The summed E-state index contributed by atoms with van der Waals surface area (Å²) in [5, 5.41) is 20.8. The van der Waals surface area contributed by atoms with Gasteiger partial charge in [0.1, 0.15) is 11.7 Å². The van der Waals surface area contributed by atoms with Crippen molar-refractivity contribution in [3.05, 3.63) is 23.8 Å². The predicted molar refractivity (Wildman–Crippen MR) is 62.2 cm³/mol. The van der Waals surface area contributed by atoms with E-state index in [4.69, 9.17) is 10.8 Å². The first-order chi connectivity index (χ1) is 8.47. The standard InChI is InChI=1S/C10H14N6O2/c1-6-9(5-15(2)13-6)16-4-7(12-14-16)3-8(11)10(17)18/h4-5,8H,3,11H2,1-2H3,(H,17,18). The van der Waals surface area contributed by atoms with Crippen LogP contribution in [0.1, 0.15) is 11.4 Å². The average Bonchev–Trinajstić information content (AvgIpc) is 2.85. The number of aliphatic carboxylic acids is 1. The molecule has 3 N–H and O–H groups in total. The fourth-order valence-electron chi connectivity index (χ4n) is 1.63. The molecule has 0 spiro atoms. The zero-order valence-electron chi connectivity index (χ0n) is 10.1. The Morgan fingerprint density at radius 3 is 2.83 bits per heavy atom. The van der Waals surface area contributed by atoms with E-state index in [9.17, 15) is 4.79 Å². The number of hydrogen-bond donors (Lipinski definition) is 2. The summed E-state index contributed by atoms with van der Waals surface area (Å²) in [6, 6.07) is -0.967. The van der Waals surface area contributed by atoms with E-state index in [-0.39, 0.29) is 6.42 Å². The summed E-state index contributed by atoms with van der Waals surface area (Å²) in [5.41, 5.74) is 7.59. The number of rotatable bonds is 4. The number of aromatic nitrogens is 5. The van der Waals surface area contributed by atoms with Gasteiger partial charge in [-0.3, -0.25) is 9.48 Å². The van der Waals surface area contributed by atoms with Crippen LogP contribution in [0, 0.1) is 6.92 Å². The van der Waals surface area contributed by atoms with Gasteiger partial charge in [0.15, 0.2) is 0 Å². The third-order valence-corrected chi connectivity index (χ3v) is 2.52. The quantitative estimate of drug-likeness (QED) is 0.739. The maximum atomic E-state index is 10.6. The van der Waals surface area contributed by atoms with Gasteiger partial charge in [-0.15, -0.1) is 5.10 Å². The fraction of sp³-hybridized carbons (Fsp3) is 0.400. The summed E-state index contributed by atoms with van der Waals surface area (Å²) in [6.07, 6.45) is 3.62. The van der Waals surface area contributed by atoms with Crippen molar-refractivity contribution in [2.45, 2.75) is 19.4 Å². The molecule has 1 unspecified atom stereocenters. The molecule has 0 amide bonds. The lowest BCUT2D eigenvalue weighted by molar-refractivity contribution is -0.138. The minimum Gasteiger partial charge on any atom is -0.480 e. The van der Waals surface area contributed by atoms with Crippen LogP contribution in [0.2, 0.25) is 0 Å². The average molecular weight is 250 g/mol. The number of aryl methyl sites for hydroxylation is 2. The van der Waals surface area contributed by atoms with Crippen LogP contribution in [0.25, 0.3) is 5.69 Å². The van der Waals surface area contributed by atoms with Crippen LogP contribution in [0.3, 0.4) is 0 Å². The molecule has 96 valence electrons. The van der Waals surface area contributed by atoms with Crippen LogP contribution >= 0.6 is 0 Å². The van der Waals surface area contributed by atoms with E-state index in [2.05, 4.69) is 15.4 Å². The molecule has 8 heteroatoms. The third kappa shape index (κ3) is 2.38.